The van der Waals surface area contributed by atoms with Crippen LogP contribution in [-0.4, -0.2) is 39.1 Å². The molecule has 0 aliphatic heterocycles. The summed E-state index contributed by atoms with van der Waals surface area (Å²) in [6.45, 7) is 1.82. The Balaban J connectivity index is 2.91. The zero-order valence-corrected chi connectivity index (χ0v) is 11.3. The Bertz CT molecular complexity index is 547. The van der Waals surface area contributed by atoms with Gasteiger partial charge in [0.2, 0.25) is 0 Å². The van der Waals surface area contributed by atoms with Gasteiger partial charge < -0.3 is 15.5 Å². The largest absolute Gasteiger partial charge is 0.481 e. The SMILES string of the molecule is CCc1cc(C(=O)N[C@H](CC(=O)O)C(=O)O)cc(Cl)n1. The average molecular weight is 301 g/mol. The first-order valence-corrected chi connectivity index (χ1v) is 6.13. The van der Waals surface area contributed by atoms with Crippen LogP contribution in [0.15, 0.2) is 12.1 Å². The van der Waals surface area contributed by atoms with E-state index in [4.69, 9.17) is 21.8 Å². The predicted octanol–water partition coefficient (Wildman–Crippen LogP) is 0.955. The molecule has 0 aromatic carbocycles. The van der Waals surface area contributed by atoms with Gasteiger partial charge in [-0.1, -0.05) is 18.5 Å². The lowest BCUT2D eigenvalue weighted by atomic mass is 10.1. The van der Waals surface area contributed by atoms with Crippen LogP contribution in [0.4, 0.5) is 0 Å². The summed E-state index contributed by atoms with van der Waals surface area (Å²) in [5.41, 5.74) is 0.714. The number of carboxylic acid groups (broad SMARTS) is 2. The van der Waals surface area contributed by atoms with E-state index in [0.29, 0.717) is 12.1 Å². The van der Waals surface area contributed by atoms with Crippen LogP contribution in [0.2, 0.25) is 5.15 Å². The molecular weight excluding hydrogens is 288 g/mol. The molecular formula is C12H13ClN2O5. The van der Waals surface area contributed by atoms with Gasteiger partial charge in [0.15, 0.2) is 0 Å². The standard InChI is InChI=1S/C12H13ClN2O5/c1-2-7-3-6(4-9(13)14-7)11(18)15-8(12(19)20)5-10(16)17/h3-4,8H,2,5H2,1H3,(H,15,18)(H,16,17)(H,19,20)/t8-/m1/s1. The predicted molar refractivity (Wildman–Crippen MR) is 69.8 cm³/mol. The lowest BCUT2D eigenvalue weighted by Gasteiger charge is -2.12. The maximum atomic E-state index is 11.9. The summed E-state index contributed by atoms with van der Waals surface area (Å²) < 4.78 is 0. The molecule has 3 N–H and O–H groups in total. The molecule has 0 fully saturated rings. The highest BCUT2D eigenvalue weighted by atomic mass is 35.5. The normalized spacial score (nSPS) is 11.7. The molecule has 1 rings (SSSR count). The summed E-state index contributed by atoms with van der Waals surface area (Å²) in [6, 6.07) is 1.26. The van der Waals surface area contributed by atoms with Crippen LogP contribution in [0.1, 0.15) is 29.4 Å². The minimum Gasteiger partial charge on any atom is -0.481 e. The number of aliphatic carboxylic acids is 2. The van der Waals surface area contributed by atoms with Crippen LogP contribution in [0, 0.1) is 0 Å². The zero-order chi connectivity index (χ0) is 15.3. The average Bonchev–Trinajstić information content (AvgIpc) is 2.36. The molecule has 7 nitrogen and oxygen atoms in total. The van der Waals surface area contributed by atoms with E-state index in [-0.39, 0.29) is 10.7 Å². The number of carbonyl (C=O) groups excluding carboxylic acids is 1. The summed E-state index contributed by atoms with van der Waals surface area (Å²) >= 11 is 5.75. The number of aryl methyl sites for hydroxylation is 1. The summed E-state index contributed by atoms with van der Waals surface area (Å²) in [4.78, 5) is 37.3. The molecule has 0 aliphatic carbocycles. The van der Waals surface area contributed by atoms with Crippen LogP contribution in [-0.2, 0) is 16.0 Å². The Kier molecular flexibility index (Phi) is 5.45. The summed E-state index contributed by atoms with van der Waals surface area (Å²) in [6.07, 6.45) is -0.154. The molecule has 1 heterocycles. The maximum Gasteiger partial charge on any atom is 0.326 e. The van der Waals surface area contributed by atoms with E-state index in [0.717, 1.165) is 0 Å². The fraction of sp³-hybridized carbons (Fsp3) is 0.333. The molecule has 0 saturated heterocycles. The van der Waals surface area contributed by atoms with Gasteiger partial charge in [0.05, 0.1) is 6.42 Å². The molecule has 108 valence electrons. The molecule has 1 aromatic heterocycles. The van der Waals surface area contributed by atoms with E-state index in [1.807, 2.05) is 6.92 Å². The van der Waals surface area contributed by atoms with Crippen molar-refractivity contribution in [3.8, 4) is 0 Å². The number of hydrogen-bond donors (Lipinski definition) is 3. The molecule has 0 unspecified atom stereocenters. The Labute approximate surface area is 119 Å². The van der Waals surface area contributed by atoms with Crippen molar-refractivity contribution >= 4 is 29.4 Å². The van der Waals surface area contributed by atoms with E-state index in [2.05, 4.69) is 10.3 Å². The smallest absolute Gasteiger partial charge is 0.326 e. The maximum absolute atomic E-state index is 11.9. The van der Waals surface area contributed by atoms with Crippen molar-refractivity contribution in [1.82, 2.24) is 10.3 Å². The highest BCUT2D eigenvalue weighted by Crippen LogP contribution is 2.12. The van der Waals surface area contributed by atoms with E-state index >= 15 is 0 Å². The fourth-order valence-electron chi connectivity index (χ4n) is 1.48. The molecule has 0 saturated carbocycles. The van der Waals surface area contributed by atoms with Crippen LogP contribution in [0.5, 0.6) is 0 Å². The lowest BCUT2D eigenvalue weighted by molar-refractivity contribution is -0.145. The number of halogens is 1. The number of nitrogens with one attached hydrogen (secondary N) is 1. The first kappa shape index (κ1) is 15.9. The van der Waals surface area contributed by atoms with E-state index in [1.54, 1.807) is 0 Å². The zero-order valence-electron chi connectivity index (χ0n) is 10.6. The second-order valence-electron chi connectivity index (χ2n) is 3.99. The van der Waals surface area contributed by atoms with Gasteiger partial charge in [0.25, 0.3) is 5.91 Å². The highest BCUT2D eigenvalue weighted by Gasteiger charge is 2.23. The van der Waals surface area contributed by atoms with Crippen molar-refractivity contribution in [2.45, 2.75) is 25.8 Å². The molecule has 1 aromatic rings. The molecule has 0 bridgehead atoms. The van der Waals surface area contributed by atoms with Crippen molar-refractivity contribution in [1.29, 1.82) is 0 Å². The molecule has 0 aliphatic rings. The highest BCUT2D eigenvalue weighted by molar-refractivity contribution is 6.29. The second-order valence-corrected chi connectivity index (χ2v) is 4.37. The summed E-state index contributed by atoms with van der Waals surface area (Å²) in [5.74, 6) is -3.45. The molecule has 1 amide bonds. The number of carboxylic acids is 2. The van der Waals surface area contributed by atoms with Crippen molar-refractivity contribution in [2.24, 2.45) is 0 Å². The van der Waals surface area contributed by atoms with Crippen molar-refractivity contribution in [2.75, 3.05) is 0 Å². The van der Waals surface area contributed by atoms with Gasteiger partial charge in [0, 0.05) is 11.3 Å². The molecule has 1 atom stereocenters. The van der Waals surface area contributed by atoms with E-state index in [9.17, 15) is 14.4 Å². The van der Waals surface area contributed by atoms with Crippen LogP contribution in [0.25, 0.3) is 0 Å². The fourth-order valence-corrected chi connectivity index (χ4v) is 1.71. The number of pyridine rings is 1. The van der Waals surface area contributed by atoms with Gasteiger partial charge in [-0.05, 0) is 18.6 Å². The van der Waals surface area contributed by atoms with Crippen molar-refractivity contribution < 1.29 is 24.6 Å². The number of amides is 1. The summed E-state index contributed by atoms with van der Waals surface area (Å²) in [5, 5.41) is 19.7. The molecule has 8 heteroatoms. The Morgan fingerprint density at radius 3 is 2.50 bits per heavy atom. The minimum atomic E-state index is -1.50. The number of nitrogens with zero attached hydrogens (tertiary/aromatic N) is 1. The van der Waals surface area contributed by atoms with Gasteiger partial charge in [-0.15, -0.1) is 0 Å². The Morgan fingerprint density at radius 1 is 1.35 bits per heavy atom. The number of hydrogen-bond acceptors (Lipinski definition) is 4. The van der Waals surface area contributed by atoms with Crippen LogP contribution < -0.4 is 5.32 Å². The van der Waals surface area contributed by atoms with Crippen LogP contribution in [0.3, 0.4) is 0 Å². The van der Waals surface area contributed by atoms with Gasteiger partial charge in [0.1, 0.15) is 11.2 Å². The first-order chi connectivity index (χ1) is 9.33. The Hall–Kier alpha value is -2.15. The number of rotatable bonds is 6. The van der Waals surface area contributed by atoms with Crippen LogP contribution >= 0.6 is 11.6 Å². The van der Waals surface area contributed by atoms with E-state index in [1.165, 1.54) is 12.1 Å². The third-order valence-electron chi connectivity index (χ3n) is 2.45. The van der Waals surface area contributed by atoms with Gasteiger partial charge in [-0.25, -0.2) is 9.78 Å². The second kappa shape index (κ2) is 6.85. The van der Waals surface area contributed by atoms with Crippen molar-refractivity contribution in [3.63, 3.8) is 0 Å². The van der Waals surface area contributed by atoms with Gasteiger partial charge in [-0.3, -0.25) is 9.59 Å². The summed E-state index contributed by atoms with van der Waals surface area (Å²) in [7, 11) is 0. The lowest BCUT2D eigenvalue weighted by Crippen LogP contribution is -2.42. The minimum absolute atomic E-state index is 0.111. The topological polar surface area (TPSA) is 117 Å². The third-order valence-corrected chi connectivity index (χ3v) is 2.65. The van der Waals surface area contributed by atoms with Gasteiger partial charge in [-0.2, -0.15) is 0 Å². The van der Waals surface area contributed by atoms with Crippen molar-refractivity contribution in [3.05, 3.63) is 28.5 Å². The molecule has 20 heavy (non-hydrogen) atoms. The number of carbonyl (C=O) groups is 3. The molecule has 0 radical (unpaired) electrons. The van der Waals surface area contributed by atoms with E-state index < -0.39 is 30.3 Å². The molecule has 0 spiro atoms. The first-order valence-electron chi connectivity index (χ1n) is 5.75. The van der Waals surface area contributed by atoms with Gasteiger partial charge >= 0.3 is 11.9 Å². The quantitative estimate of drug-likeness (QED) is 0.674. The number of aromatic nitrogens is 1. The third kappa shape index (κ3) is 4.51. The Morgan fingerprint density at radius 2 is 2.00 bits per heavy atom. The monoisotopic (exact) mass is 300 g/mol.